The normalized spacial score (nSPS) is 18.6. The fraction of sp³-hybridized carbons (Fsp3) is 0.423. The first-order valence-corrected chi connectivity index (χ1v) is 12.5. The van der Waals surface area contributed by atoms with Gasteiger partial charge in [-0.1, -0.05) is 11.6 Å². The fourth-order valence-electron chi connectivity index (χ4n) is 4.73. The Kier molecular flexibility index (Phi) is 6.74. The van der Waals surface area contributed by atoms with E-state index in [0.717, 1.165) is 38.6 Å². The van der Waals surface area contributed by atoms with Crippen LogP contribution in [0.25, 0.3) is 16.7 Å². The molecule has 1 aromatic carbocycles. The van der Waals surface area contributed by atoms with E-state index in [1.165, 1.54) is 0 Å². The molecule has 36 heavy (non-hydrogen) atoms. The number of nitrogens with zero attached hydrogens (tertiary/aromatic N) is 6. The third-order valence-corrected chi connectivity index (χ3v) is 7.18. The van der Waals surface area contributed by atoms with Crippen molar-refractivity contribution in [3.8, 4) is 5.82 Å². The molecule has 1 fully saturated rings. The average Bonchev–Trinajstić information content (AvgIpc) is 3.44. The first-order chi connectivity index (χ1) is 17.2. The molecule has 0 saturated carbocycles. The number of benzene rings is 1. The van der Waals surface area contributed by atoms with Crippen molar-refractivity contribution >= 4 is 34.1 Å². The summed E-state index contributed by atoms with van der Waals surface area (Å²) in [5.74, 6) is 1.14. The van der Waals surface area contributed by atoms with Crippen molar-refractivity contribution in [2.45, 2.75) is 52.6 Å². The Morgan fingerprint density at radius 2 is 2.03 bits per heavy atom. The number of fused-ring (bicyclic) bond motifs is 1. The van der Waals surface area contributed by atoms with E-state index in [1.54, 1.807) is 10.9 Å². The van der Waals surface area contributed by atoms with Crippen LogP contribution in [0.3, 0.4) is 0 Å². The Hall–Kier alpha value is -2.98. The SMILES string of the molecule is Cc1nn(-c2ccnc(Nc3ccc4c(c3)c(Cl)c(C)n4C)n2)cc1CN1C[C@H](O)[C@H](OC(C)C)C1. The highest BCUT2D eigenvalue weighted by molar-refractivity contribution is 6.36. The van der Waals surface area contributed by atoms with Crippen LogP contribution in [-0.4, -0.2) is 65.7 Å². The lowest BCUT2D eigenvalue weighted by atomic mass is 10.2. The number of rotatable bonds is 7. The molecule has 4 heterocycles. The smallest absolute Gasteiger partial charge is 0.229 e. The van der Waals surface area contributed by atoms with Gasteiger partial charge in [-0.3, -0.25) is 4.90 Å². The van der Waals surface area contributed by atoms with E-state index in [-0.39, 0.29) is 12.2 Å². The van der Waals surface area contributed by atoms with Gasteiger partial charge < -0.3 is 19.7 Å². The first kappa shape index (κ1) is 24.7. The average molecular weight is 510 g/mol. The largest absolute Gasteiger partial charge is 0.389 e. The van der Waals surface area contributed by atoms with Crippen molar-refractivity contribution in [1.29, 1.82) is 0 Å². The molecule has 2 atom stereocenters. The number of β-amino-alcohol motifs (C(OH)–C–C–N with tert-alkyl or cyclic N) is 1. The Labute approximate surface area is 215 Å². The molecule has 4 aromatic rings. The summed E-state index contributed by atoms with van der Waals surface area (Å²) in [6, 6.07) is 7.87. The van der Waals surface area contributed by atoms with Crippen molar-refractivity contribution in [2.24, 2.45) is 7.05 Å². The highest BCUT2D eigenvalue weighted by Crippen LogP contribution is 2.32. The van der Waals surface area contributed by atoms with Crippen molar-refractivity contribution in [3.63, 3.8) is 0 Å². The standard InChI is InChI=1S/C26H32ClN7O2/c1-15(2)36-23-14-33(13-22(23)35)11-18-12-34(31-16(18)3)24-8-9-28-26(30-24)29-19-6-7-21-20(10-19)25(27)17(4)32(21)5/h6-10,12,15,22-23,35H,11,13-14H2,1-5H3,(H,28,29,30)/t22-,23+/m0/s1. The van der Waals surface area contributed by atoms with Crippen molar-refractivity contribution in [1.82, 2.24) is 29.2 Å². The second-order valence-corrected chi connectivity index (χ2v) is 10.1. The minimum absolute atomic E-state index is 0.0883. The molecule has 0 spiro atoms. The van der Waals surface area contributed by atoms with Gasteiger partial charge in [0.05, 0.1) is 29.0 Å². The van der Waals surface area contributed by atoms with Crippen molar-refractivity contribution < 1.29 is 9.84 Å². The van der Waals surface area contributed by atoms with Gasteiger partial charge >= 0.3 is 0 Å². The van der Waals surface area contributed by atoms with Gasteiger partial charge in [0.2, 0.25) is 5.95 Å². The van der Waals surface area contributed by atoms with Crippen LogP contribution in [0.15, 0.2) is 36.7 Å². The molecule has 9 nitrogen and oxygen atoms in total. The molecule has 3 aromatic heterocycles. The molecule has 10 heteroatoms. The molecule has 5 rings (SSSR count). The number of ether oxygens (including phenoxy) is 1. The summed E-state index contributed by atoms with van der Waals surface area (Å²) in [4.78, 5) is 11.3. The summed E-state index contributed by atoms with van der Waals surface area (Å²) in [6.45, 7) is 9.94. The van der Waals surface area contributed by atoms with Crippen molar-refractivity contribution in [3.05, 3.63) is 58.6 Å². The van der Waals surface area contributed by atoms with Gasteiger partial charge in [0, 0.05) is 73.0 Å². The Morgan fingerprint density at radius 3 is 2.81 bits per heavy atom. The quantitative estimate of drug-likeness (QED) is 0.386. The third-order valence-electron chi connectivity index (χ3n) is 6.70. The molecule has 1 aliphatic rings. The van der Waals surface area contributed by atoms with Crippen LogP contribution in [0.2, 0.25) is 5.02 Å². The second kappa shape index (κ2) is 9.82. The van der Waals surface area contributed by atoms with Gasteiger partial charge in [-0.05, 0) is 45.9 Å². The number of aliphatic hydroxyl groups excluding tert-OH is 1. The maximum Gasteiger partial charge on any atom is 0.229 e. The fourth-order valence-corrected chi connectivity index (χ4v) is 5.00. The molecular weight excluding hydrogens is 478 g/mol. The van der Waals surface area contributed by atoms with Crippen LogP contribution < -0.4 is 5.32 Å². The predicted octanol–water partition coefficient (Wildman–Crippen LogP) is 4.14. The maximum absolute atomic E-state index is 10.4. The topological polar surface area (TPSA) is 93.3 Å². The van der Waals surface area contributed by atoms with Gasteiger partial charge in [0.25, 0.3) is 0 Å². The predicted molar refractivity (Wildman–Crippen MR) is 141 cm³/mol. The summed E-state index contributed by atoms with van der Waals surface area (Å²) in [6.07, 6.45) is 3.15. The molecule has 0 amide bonds. The van der Waals surface area contributed by atoms with Crippen LogP contribution in [0, 0.1) is 13.8 Å². The van der Waals surface area contributed by atoms with Gasteiger partial charge in [-0.25, -0.2) is 9.67 Å². The van der Waals surface area contributed by atoms with E-state index in [9.17, 15) is 5.11 Å². The van der Waals surface area contributed by atoms with E-state index in [2.05, 4.69) is 29.9 Å². The number of halogens is 1. The molecule has 1 saturated heterocycles. The van der Waals surface area contributed by atoms with Gasteiger partial charge in [0.15, 0.2) is 5.82 Å². The number of hydrogen-bond acceptors (Lipinski definition) is 7. The van der Waals surface area contributed by atoms with Crippen LogP contribution in [0.5, 0.6) is 0 Å². The molecule has 1 aliphatic heterocycles. The number of likely N-dealkylation sites (tertiary alicyclic amines) is 1. The number of hydrogen-bond donors (Lipinski definition) is 2. The lowest BCUT2D eigenvalue weighted by Gasteiger charge is -2.18. The molecular formula is C26H32ClN7O2. The summed E-state index contributed by atoms with van der Waals surface area (Å²) in [7, 11) is 2.01. The Balaban J connectivity index is 1.32. The highest BCUT2D eigenvalue weighted by atomic mass is 35.5. The summed E-state index contributed by atoms with van der Waals surface area (Å²) in [5.41, 5.74) is 4.96. The van der Waals surface area contributed by atoms with E-state index in [1.807, 2.05) is 65.2 Å². The van der Waals surface area contributed by atoms with Gasteiger partial charge in [-0.2, -0.15) is 10.1 Å². The third kappa shape index (κ3) is 4.84. The zero-order chi connectivity index (χ0) is 25.6. The van der Waals surface area contributed by atoms with Crippen LogP contribution in [-0.2, 0) is 18.3 Å². The molecule has 0 bridgehead atoms. The number of nitrogens with one attached hydrogen (secondary N) is 1. The molecule has 2 N–H and O–H groups in total. The Morgan fingerprint density at radius 1 is 1.22 bits per heavy atom. The summed E-state index contributed by atoms with van der Waals surface area (Å²) < 4.78 is 9.70. The van der Waals surface area contributed by atoms with E-state index in [4.69, 9.17) is 16.3 Å². The number of aromatic nitrogens is 5. The minimum Gasteiger partial charge on any atom is -0.389 e. The second-order valence-electron chi connectivity index (χ2n) is 9.72. The van der Waals surface area contributed by atoms with Crippen LogP contribution in [0.1, 0.15) is 30.8 Å². The summed E-state index contributed by atoms with van der Waals surface area (Å²) in [5, 5.41) is 20.1. The molecule has 0 radical (unpaired) electrons. The Bertz CT molecular complexity index is 1400. The zero-order valence-corrected chi connectivity index (χ0v) is 22.0. The zero-order valence-electron chi connectivity index (χ0n) is 21.2. The number of aryl methyl sites for hydroxylation is 2. The molecule has 0 unspecified atom stereocenters. The highest BCUT2D eigenvalue weighted by Gasteiger charge is 2.33. The first-order valence-electron chi connectivity index (χ1n) is 12.2. The summed E-state index contributed by atoms with van der Waals surface area (Å²) >= 11 is 6.53. The number of anilines is 2. The van der Waals surface area contributed by atoms with E-state index >= 15 is 0 Å². The maximum atomic E-state index is 10.4. The lowest BCUT2D eigenvalue weighted by molar-refractivity contribution is -0.0396. The number of aliphatic hydroxyl groups is 1. The molecule has 0 aliphatic carbocycles. The van der Waals surface area contributed by atoms with E-state index < -0.39 is 6.10 Å². The van der Waals surface area contributed by atoms with Crippen molar-refractivity contribution in [2.75, 3.05) is 18.4 Å². The van der Waals surface area contributed by atoms with E-state index in [0.29, 0.717) is 31.4 Å². The van der Waals surface area contributed by atoms with Gasteiger partial charge in [-0.15, -0.1) is 0 Å². The molecule has 190 valence electrons. The van der Waals surface area contributed by atoms with Crippen LogP contribution >= 0.6 is 11.6 Å². The van der Waals surface area contributed by atoms with Gasteiger partial charge in [0.1, 0.15) is 0 Å². The minimum atomic E-state index is -0.479. The lowest BCUT2D eigenvalue weighted by Crippen LogP contribution is -2.29. The van der Waals surface area contributed by atoms with Crippen LogP contribution in [0.4, 0.5) is 11.6 Å². The monoisotopic (exact) mass is 509 g/mol.